The first kappa shape index (κ1) is 14.8. The molecule has 4 nitrogen and oxygen atoms in total. The van der Waals surface area contributed by atoms with Gasteiger partial charge in [0.25, 0.3) is 5.76 Å². The Morgan fingerprint density at radius 2 is 2.10 bits per heavy atom. The quantitative estimate of drug-likeness (QED) is 0.860. The molecule has 0 aliphatic heterocycles. The van der Waals surface area contributed by atoms with Crippen molar-refractivity contribution >= 4 is 17.4 Å². The maximum Gasteiger partial charge on any atom is 0.290 e. The number of thioether (sulfide) groups is 1. The fourth-order valence-electron chi connectivity index (χ4n) is 1.91. The number of nitrogens with one attached hydrogen (secondary N) is 1. The summed E-state index contributed by atoms with van der Waals surface area (Å²) in [6.45, 7) is 4.61. The lowest BCUT2D eigenvalue weighted by atomic mass is 10.2. The molecule has 0 bridgehead atoms. The number of hydrogen-bond donors (Lipinski definition) is 1. The predicted octanol–water partition coefficient (Wildman–Crippen LogP) is 3.36. The number of anilines is 1. The highest BCUT2D eigenvalue weighted by atomic mass is 32.2. The van der Waals surface area contributed by atoms with Crippen LogP contribution < -0.4 is 5.32 Å². The normalized spacial score (nSPS) is 11.1. The first-order chi connectivity index (χ1) is 9.47. The Hall–Kier alpha value is -1.63. The monoisotopic (exact) mass is 298 g/mol. The highest BCUT2D eigenvalue weighted by Crippen LogP contribution is 2.24. The van der Waals surface area contributed by atoms with Crippen LogP contribution in [-0.4, -0.2) is 20.5 Å². The van der Waals surface area contributed by atoms with E-state index < -0.39 is 5.76 Å². The molecule has 0 unspecified atom stereocenters. The number of alkyl halides is 2. The second kappa shape index (κ2) is 6.21. The van der Waals surface area contributed by atoms with Gasteiger partial charge in [0.15, 0.2) is 0 Å². The van der Waals surface area contributed by atoms with E-state index in [9.17, 15) is 8.78 Å². The van der Waals surface area contributed by atoms with Crippen LogP contribution >= 0.6 is 11.8 Å². The number of rotatable bonds is 5. The Kier molecular flexibility index (Phi) is 4.59. The first-order valence-corrected chi connectivity index (χ1v) is 6.99. The van der Waals surface area contributed by atoms with Gasteiger partial charge in [-0.1, -0.05) is 0 Å². The molecule has 7 heteroatoms. The zero-order chi connectivity index (χ0) is 14.7. The van der Waals surface area contributed by atoms with E-state index in [4.69, 9.17) is 0 Å². The van der Waals surface area contributed by atoms with Crippen molar-refractivity contribution in [2.24, 2.45) is 7.05 Å². The van der Waals surface area contributed by atoms with Gasteiger partial charge in [0.1, 0.15) is 5.03 Å². The summed E-state index contributed by atoms with van der Waals surface area (Å²) < 4.78 is 26.2. The molecule has 0 radical (unpaired) electrons. The fourth-order valence-corrected chi connectivity index (χ4v) is 2.35. The van der Waals surface area contributed by atoms with Gasteiger partial charge in [0.2, 0.25) is 0 Å². The Balaban J connectivity index is 2.00. The molecule has 0 saturated heterocycles. The summed E-state index contributed by atoms with van der Waals surface area (Å²) in [4.78, 5) is 3.98. The number of aryl methyl sites for hydroxylation is 2. The second-order valence-electron chi connectivity index (χ2n) is 4.39. The lowest BCUT2D eigenvalue weighted by molar-refractivity contribution is 0.252. The molecular formula is C13H16F2N4S. The zero-order valence-electron chi connectivity index (χ0n) is 11.5. The van der Waals surface area contributed by atoms with Crippen molar-refractivity contribution in [1.29, 1.82) is 0 Å². The molecule has 0 aliphatic rings. The van der Waals surface area contributed by atoms with Gasteiger partial charge in [-0.05, 0) is 37.7 Å². The number of pyridine rings is 1. The molecule has 0 aliphatic carbocycles. The van der Waals surface area contributed by atoms with Crippen LogP contribution in [0.2, 0.25) is 0 Å². The average molecular weight is 298 g/mol. The standard InChI is InChI=1S/C13H16F2N4S/c1-8-11(9(2)19(3)18-8)7-16-10-4-5-12(17-6-10)20-13(14)15/h4-6,13,16H,7H2,1-3H3. The van der Waals surface area contributed by atoms with Crippen molar-refractivity contribution in [3.8, 4) is 0 Å². The zero-order valence-corrected chi connectivity index (χ0v) is 12.3. The van der Waals surface area contributed by atoms with Gasteiger partial charge in [-0.25, -0.2) is 4.98 Å². The van der Waals surface area contributed by atoms with Crippen LogP contribution in [0.4, 0.5) is 14.5 Å². The summed E-state index contributed by atoms with van der Waals surface area (Å²) in [5.41, 5.74) is 4.02. The first-order valence-electron chi connectivity index (χ1n) is 6.11. The number of aromatic nitrogens is 3. The predicted molar refractivity (Wildman–Crippen MR) is 76.1 cm³/mol. The molecule has 0 amide bonds. The summed E-state index contributed by atoms with van der Waals surface area (Å²) in [7, 11) is 1.91. The van der Waals surface area contributed by atoms with Gasteiger partial charge in [0, 0.05) is 24.8 Å². The highest BCUT2D eigenvalue weighted by Gasteiger charge is 2.09. The van der Waals surface area contributed by atoms with Crippen LogP contribution in [0.15, 0.2) is 23.4 Å². The highest BCUT2D eigenvalue weighted by molar-refractivity contribution is 7.99. The Bertz CT molecular complexity index is 581. The Morgan fingerprint density at radius 1 is 1.35 bits per heavy atom. The average Bonchev–Trinajstić information content (AvgIpc) is 2.62. The van der Waals surface area contributed by atoms with Crippen molar-refractivity contribution in [2.75, 3.05) is 5.32 Å². The largest absolute Gasteiger partial charge is 0.380 e. The van der Waals surface area contributed by atoms with Gasteiger partial charge in [-0.3, -0.25) is 4.68 Å². The number of halogens is 2. The Labute approximate surface area is 120 Å². The van der Waals surface area contributed by atoms with Gasteiger partial charge in [-0.15, -0.1) is 0 Å². The van der Waals surface area contributed by atoms with E-state index in [0.717, 1.165) is 22.6 Å². The molecule has 2 aromatic rings. The smallest absolute Gasteiger partial charge is 0.290 e. The summed E-state index contributed by atoms with van der Waals surface area (Å²) in [6, 6.07) is 3.33. The van der Waals surface area contributed by atoms with E-state index in [1.807, 2.05) is 25.6 Å². The van der Waals surface area contributed by atoms with Crippen molar-refractivity contribution in [2.45, 2.75) is 31.2 Å². The molecule has 0 saturated carbocycles. The summed E-state index contributed by atoms with van der Waals surface area (Å²) in [6.07, 6.45) is 1.56. The van der Waals surface area contributed by atoms with E-state index in [-0.39, 0.29) is 0 Å². The van der Waals surface area contributed by atoms with E-state index in [1.165, 1.54) is 0 Å². The van der Waals surface area contributed by atoms with Gasteiger partial charge in [0.05, 0.1) is 17.6 Å². The van der Waals surface area contributed by atoms with Crippen LogP contribution in [0.5, 0.6) is 0 Å². The van der Waals surface area contributed by atoms with Crippen molar-refractivity contribution in [3.63, 3.8) is 0 Å². The number of nitrogens with zero attached hydrogens (tertiary/aromatic N) is 3. The molecule has 0 atom stereocenters. The topological polar surface area (TPSA) is 42.7 Å². The maximum absolute atomic E-state index is 12.2. The Morgan fingerprint density at radius 3 is 2.60 bits per heavy atom. The fraction of sp³-hybridized carbons (Fsp3) is 0.385. The SMILES string of the molecule is Cc1nn(C)c(C)c1CNc1ccc(SC(F)F)nc1. The second-order valence-corrected chi connectivity index (χ2v) is 5.40. The third kappa shape index (κ3) is 3.47. The van der Waals surface area contributed by atoms with Crippen LogP contribution in [-0.2, 0) is 13.6 Å². The minimum absolute atomic E-state index is 0.319. The number of hydrogen-bond acceptors (Lipinski definition) is 4. The minimum Gasteiger partial charge on any atom is -0.380 e. The van der Waals surface area contributed by atoms with Crippen molar-refractivity contribution < 1.29 is 8.78 Å². The molecule has 2 heterocycles. The third-order valence-corrected chi connectivity index (χ3v) is 3.74. The summed E-state index contributed by atoms with van der Waals surface area (Å²) >= 11 is 0.444. The maximum atomic E-state index is 12.2. The molecular weight excluding hydrogens is 282 g/mol. The van der Waals surface area contributed by atoms with E-state index in [0.29, 0.717) is 23.3 Å². The lowest BCUT2D eigenvalue weighted by Crippen LogP contribution is -2.02. The molecule has 0 fully saturated rings. The summed E-state index contributed by atoms with van der Waals surface area (Å²) in [5, 5.41) is 7.89. The molecule has 1 N–H and O–H groups in total. The molecule has 20 heavy (non-hydrogen) atoms. The molecule has 0 spiro atoms. The van der Waals surface area contributed by atoms with Crippen LogP contribution in [0, 0.1) is 13.8 Å². The summed E-state index contributed by atoms with van der Waals surface area (Å²) in [5.74, 6) is -2.44. The van der Waals surface area contributed by atoms with Crippen molar-refractivity contribution in [3.05, 3.63) is 35.3 Å². The van der Waals surface area contributed by atoms with Gasteiger partial charge >= 0.3 is 0 Å². The van der Waals surface area contributed by atoms with Crippen LogP contribution in [0.3, 0.4) is 0 Å². The van der Waals surface area contributed by atoms with Gasteiger partial charge < -0.3 is 5.32 Å². The molecule has 108 valence electrons. The molecule has 0 aromatic carbocycles. The van der Waals surface area contributed by atoms with Crippen LogP contribution in [0.25, 0.3) is 0 Å². The van der Waals surface area contributed by atoms with Crippen LogP contribution in [0.1, 0.15) is 17.0 Å². The van der Waals surface area contributed by atoms with E-state index in [2.05, 4.69) is 15.4 Å². The lowest BCUT2D eigenvalue weighted by Gasteiger charge is -2.07. The molecule has 2 aromatic heterocycles. The third-order valence-electron chi connectivity index (χ3n) is 3.07. The van der Waals surface area contributed by atoms with Crippen molar-refractivity contribution in [1.82, 2.24) is 14.8 Å². The van der Waals surface area contributed by atoms with Gasteiger partial charge in [-0.2, -0.15) is 13.9 Å². The minimum atomic E-state index is -2.44. The molecule has 2 rings (SSSR count). The van der Waals surface area contributed by atoms with E-state index in [1.54, 1.807) is 18.3 Å². The van der Waals surface area contributed by atoms with E-state index >= 15 is 0 Å².